The smallest absolute Gasteiger partial charge is 0.243 e. The lowest BCUT2D eigenvalue weighted by Gasteiger charge is -2.39. The summed E-state index contributed by atoms with van der Waals surface area (Å²) in [7, 11) is -3.58. The number of amides is 1. The first-order valence-electron chi connectivity index (χ1n) is 11.7. The molecule has 1 amide bonds. The van der Waals surface area contributed by atoms with Crippen LogP contribution in [0.4, 0.5) is 5.69 Å². The van der Waals surface area contributed by atoms with E-state index in [1.54, 1.807) is 16.7 Å². The Morgan fingerprint density at radius 3 is 1.97 bits per heavy atom. The van der Waals surface area contributed by atoms with Gasteiger partial charge in [-0.1, -0.05) is 6.07 Å². The lowest BCUT2D eigenvalue weighted by atomic mass is 9.96. The van der Waals surface area contributed by atoms with Crippen LogP contribution < -0.4 is 4.90 Å². The number of aryl methyl sites for hydroxylation is 2. The standard InChI is InChI=1S/C25H34N4O3S/c1-18-17-19(2)21(4)24(20(18)3)33(31,32)29-11-7-22(8-12-29)25(30)28-15-13-27(14-16-28)23-5-9-26-10-6-23/h5-6,9-10,17,22H,7-8,11-16H2,1-4H3. The van der Waals surface area contributed by atoms with Gasteiger partial charge in [-0.2, -0.15) is 4.31 Å². The number of aromatic nitrogens is 1. The first kappa shape index (κ1) is 23.7. The van der Waals surface area contributed by atoms with E-state index in [-0.39, 0.29) is 11.8 Å². The van der Waals surface area contributed by atoms with Crippen molar-refractivity contribution < 1.29 is 13.2 Å². The summed E-state index contributed by atoms with van der Waals surface area (Å²) in [4.78, 5) is 21.9. The number of sulfonamides is 1. The maximum atomic E-state index is 13.5. The van der Waals surface area contributed by atoms with Gasteiger partial charge in [-0.3, -0.25) is 9.78 Å². The summed E-state index contributed by atoms with van der Waals surface area (Å²) in [5.41, 5.74) is 4.76. The van der Waals surface area contributed by atoms with Gasteiger partial charge in [0.05, 0.1) is 4.90 Å². The van der Waals surface area contributed by atoms with Crippen LogP contribution in [0.5, 0.6) is 0 Å². The maximum absolute atomic E-state index is 13.5. The lowest BCUT2D eigenvalue weighted by molar-refractivity contribution is -0.137. The molecule has 0 N–H and O–H groups in total. The predicted octanol–water partition coefficient (Wildman–Crippen LogP) is 3.06. The fourth-order valence-electron chi connectivity index (χ4n) is 5.04. The molecule has 2 aliphatic heterocycles. The number of nitrogens with zero attached hydrogens (tertiary/aromatic N) is 4. The van der Waals surface area contributed by atoms with Crippen molar-refractivity contribution in [2.24, 2.45) is 5.92 Å². The van der Waals surface area contributed by atoms with Gasteiger partial charge in [0.15, 0.2) is 0 Å². The number of hydrogen-bond acceptors (Lipinski definition) is 5. The van der Waals surface area contributed by atoms with Gasteiger partial charge < -0.3 is 9.80 Å². The summed E-state index contributed by atoms with van der Waals surface area (Å²) in [5, 5.41) is 0. The highest BCUT2D eigenvalue weighted by molar-refractivity contribution is 7.89. The SMILES string of the molecule is Cc1cc(C)c(C)c(S(=O)(=O)N2CCC(C(=O)N3CCN(c4ccncc4)CC3)CC2)c1C. The third-order valence-electron chi connectivity index (χ3n) is 7.32. The number of carbonyl (C=O) groups is 1. The molecular formula is C25H34N4O3S. The average molecular weight is 471 g/mol. The number of benzene rings is 1. The van der Waals surface area contributed by atoms with Gasteiger partial charge in [0, 0.05) is 63.3 Å². The Hall–Kier alpha value is -2.45. The first-order chi connectivity index (χ1) is 15.7. The van der Waals surface area contributed by atoms with Crippen LogP contribution in [0.2, 0.25) is 0 Å². The molecule has 4 rings (SSSR count). The lowest BCUT2D eigenvalue weighted by Crippen LogP contribution is -2.52. The minimum absolute atomic E-state index is 0.106. The third kappa shape index (κ3) is 4.64. The van der Waals surface area contributed by atoms with Crippen LogP contribution in [0.3, 0.4) is 0 Å². The van der Waals surface area contributed by atoms with E-state index in [4.69, 9.17) is 0 Å². The van der Waals surface area contributed by atoms with E-state index in [0.29, 0.717) is 43.9 Å². The second-order valence-corrected chi connectivity index (χ2v) is 11.2. The van der Waals surface area contributed by atoms with Crippen LogP contribution >= 0.6 is 0 Å². The summed E-state index contributed by atoms with van der Waals surface area (Å²) in [5.74, 6) is 0.0607. The fraction of sp³-hybridized carbons (Fsp3) is 0.520. The highest BCUT2D eigenvalue weighted by Gasteiger charge is 2.36. The molecule has 0 aliphatic carbocycles. The Morgan fingerprint density at radius 2 is 1.42 bits per heavy atom. The quantitative estimate of drug-likeness (QED) is 0.687. The molecule has 1 aromatic heterocycles. The predicted molar refractivity (Wildman–Crippen MR) is 130 cm³/mol. The molecule has 0 radical (unpaired) electrons. The van der Waals surface area contributed by atoms with Crippen molar-refractivity contribution in [3.8, 4) is 0 Å². The van der Waals surface area contributed by atoms with Crippen molar-refractivity contribution in [2.45, 2.75) is 45.4 Å². The summed E-state index contributed by atoms with van der Waals surface area (Å²) in [6.45, 7) is 11.5. The fourth-order valence-corrected chi connectivity index (χ4v) is 7.08. The maximum Gasteiger partial charge on any atom is 0.243 e. The Bertz CT molecular complexity index is 1090. The van der Waals surface area contributed by atoms with Crippen LogP contribution in [0.25, 0.3) is 0 Å². The Balaban J connectivity index is 1.38. The van der Waals surface area contributed by atoms with E-state index in [1.807, 2.05) is 50.8 Å². The van der Waals surface area contributed by atoms with Gasteiger partial charge >= 0.3 is 0 Å². The third-order valence-corrected chi connectivity index (χ3v) is 9.49. The molecule has 0 spiro atoms. The van der Waals surface area contributed by atoms with E-state index in [9.17, 15) is 13.2 Å². The van der Waals surface area contributed by atoms with Crippen LogP contribution in [-0.4, -0.2) is 67.8 Å². The van der Waals surface area contributed by atoms with Crippen molar-refractivity contribution in [1.82, 2.24) is 14.2 Å². The van der Waals surface area contributed by atoms with Gasteiger partial charge in [0.25, 0.3) is 0 Å². The Morgan fingerprint density at radius 1 is 0.879 bits per heavy atom. The van der Waals surface area contributed by atoms with Crippen molar-refractivity contribution in [1.29, 1.82) is 0 Å². The van der Waals surface area contributed by atoms with Gasteiger partial charge in [-0.05, 0) is 74.9 Å². The van der Waals surface area contributed by atoms with E-state index in [2.05, 4.69) is 9.88 Å². The Labute approximate surface area is 197 Å². The molecular weight excluding hydrogens is 436 g/mol. The summed E-state index contributed by atoms with van der Waals surface area (Å²) >= 11 is 0. The molecule has 1 aromatic carbocycles. The normalized spacial score (nSPS) is 18.5. The van der Waals surface area contributed by atoms with Crippen molar-refractivity contribution in [3.63, 3.8) is 0 Å². The van der Waals surface area contributed by atoms with E-state index >= 15 is 0 Å². The number of anilines is 1. The van der Waals surface area contributed by atoms with E-state index < -0.39 is 10.0 Å². The molecule has 7 nitrogen and oxygen atoms in total. The van der Waals surface area contributed by atoms with Crippen LogP contribution in [0.15, 0.2) is 35.5 Å². The molecule has 2 fully saturated rings. The zero-order valence-electron chi connectivity index (χ0n) is 20.0. The molecule has 178 valence electrons. The molecule has 0 bridgehead atoms. The minimum Gasteiger partial charge on any atom is -0.368 e. The Kier molecular flexibility index (Phi) is 6.77. The number of pyridine rings is 1. The molecule has 2 saturated heterocycles. The molecule has 0 unspecified atom stereocenters. The van der Waals surface area contributed by atoms with Crippen LogP contribution in [0.1, 0.15) is 35.1 Å². The molecule has 3 heterocycles. The van der Waals surface area contributed by atoms with Gasteiger partial charge in [-0.25, -0.2) is 8.42 Å². The largest absolute Gasteiger partial charge is 0.368 e. The summed E-state index contributed by atoms with van der Waals surface area (Å²) < 4.78 is 28.6. The highest BCUT2D eigenvalue weighted by Crippen LogP contribution is 2.31. The van der Waals surface area contributed by atoms with E-state index in [0.717, 1.165) is 41.0 Å². The van der Waals surface area contributed by atoms with Gasteiger partial charge in [-0.15, -0.1) is 0 Å². The van der Waals surface area contributed by atoms with Crippen molar-refractivity contribution >= 4 is 21.6 Å². The number of piperazine rings is 1. The second kappa shape index (κ2) is 9.43. The average Bonchev–Trinajstić information content (AvgIpc) is 2.83. The first-order valence-corrected chi connectivity index (χ1v) is 13.2. The molecule has 0 saturated carbocycles. The van der Waals surface area contributed by atoms with Crippen LogP contribution in [-0.2, 0) is 14.8 Å². The second-order valence-electron chi connectivity index (χ2n) is 9.29. The molecule has 2 aromatic rings. The number of rotatable bonds is 4. The zero-order valence-corrected chi connectivity index (χ0v) is 20.9. The monoisotopic (exact) mass is 470 g/mol. The summed E-state index contributed by atoms with van der Waals surface area (Å²) in [6.07, 6.45) is 4.72. The molecule has 0 atom stereocenters. The molecule has 2 aliphatic rings. The van der Waals surface area contributed by atoms with Gasteiger partial charge in [0.1, 0.15) is 0 Å². The molecule has 8 heteroatoms. The highest BCUT2D eigenvalue weighted by atomic mass is 32.2. The zero-order chi connectivity index (χ0) is 23.8. The van der Waals surface area contributed by atoms with Crippen molar-refractivity contribution in [3.05, 3.63) is 52.8 Å². The topological polar surface area (TPSA) is 73.8 Å². The van der Waals surface area contributed by atoms with E-state index in [1.165, 1.54) is 0 Å². The summed E-state index contributed by atoms with van der Waals surface area (Å²) in [6, 6.07) is 6.03. The van der Waals surface area contributed by atoms with Crippen molar-refractivity contribution in [2.75, 3.05) is 44.2 Å². The number of piperidine rings is 1. The molecule has 33 heavy (non-hydrogen) atoms. The minimum atomic E-state index is -3.58. The number of hydrogen-bond donors (Lipinski definition) is 0. The van der Waals surface area contributed by atoms with Gasteiger partial charge in [0.2, 0.25) is 15.9 Å². The van der Waals surface area contributed by atoms with Crippen LogP contribution in [0, 0.1) is 33.6 Å². The number of carbonyl (C=O) groups excluding carboxylic acids is 1.